The summed E-state index contributed by atoms with van der Waals surface area (Å²) in [6.07, 6.45) is -1.67. The molecule has 12 nitrogen and oxygen atoms in total. The third-order valence-electron chi connectivity index (χ3n) is 11.5. The SMILES string of the molecule is CC[C@H]1OC(=O)C(C)C(=O)[C@H](C)[C@@H](O[C@@H]2OC(C(O)CCC(C)C)CC(N(C)C)C2O)[C@](C)(OC)C[C@@H](C)CC[C@H](C)[C@H]2NC(=O)O[C@@]21C. The number of amides is 1. The first-order valence-electron chi connectivity index (χ1n) is 18.4. The van der Waals surface area contributed by atoms with Gasteiger partial charge in [-0.25, -0.2) is 4.79 Å². The number of carbonyl (C=O) groups excluding carboxylic acids is 3. The lowest BCUT2D eigenvalue weighted by atomic mass is 9.76. The van der Waals surface area contributed by atoms with Gasteiger partial charge in [-0.05, 0) is 91.1 Å². The van der Waals surface area contributed by atoms with Crippen molar-refractivity contribution in [3.05, 3.63) is 0 Å². The molecule has 0 aromatic heterocycles. The lowest BCUT2D eigenvalue weighted by Crippen LogP contribution is -2.60. The summed E-state index contributed by atoms with van der Waals surface area (Å²) in [5, 5.41) is 25.7. The van der Waals surface area contributed by atoms with E-state index in [9.17, 15) is 24.6 Å². The second-order valence-electron chi connectivity index (χ2n) is 16.2. The van der Waals surface area contributed by atoms with Crippen LogP contribution < -0.4 is 5.32 Å². The molecule has 0 spiro atoms. The van der Waals surface area contributed by atoms with Crippen molar-refractivity contribution in [2.45, 2.75) is 167 Å². The quantitative estimate of drug-likeness (QED) is 0.231. The highest BCUT2D eigenvalue weighted by Crippen LogP contribution is 2.40. The van der Waals surface area contributed by atoms with Crippen LogP contribution in [0.2, 0.25) is 0 Å². The van der Waals surface area contributed by atoms with Crippen LogP contribution >= 0.6 is 0 Å². The molecule has 3 fully saturated rings. The van der Waals surface area contributed by atoms with Gasteiger partial charge >= 0.3 is 12.1 Å². The van der Waals surface area contributed by atoms with Crippen molar-refractivity contribution in [2.24, 2.45) is 29.6 Å². The number of ether oxygens (including phenoxy) is 5. The molecule has 0 aromatic rings. The van der Waals surface area contributed by atoms with E-state index in [1.165, 1.54) is 6.92 Å². The van der Waals surface area contributed by atoms with Crippen LogP contribution in [0, 0.1) is 29.6 Å². The van der Waals surface area contributed by atoms with Gasteiger partial charge in [-0.2, -0.15) is 0 Å². The third kappa shape index (κ3) is 9.54. The van der Waals surface area contributed by atoms with Crippen LogP contribution in [0.15, 0.2) is 0 Å². The molecule has 0 saturated carbocycles. The number of nitrogens with zero attached hydrogens (tertiary/aromatic N) is 1. The van der Waals surface area contributed by atoms with Gasteiger partial charge in [-0.1, -0.05) is 48.0 Å². The molecule has 0 bridgehead atoms. The standard InChI is InChI=1S/C37H66N2O10/c1-13-28-37(9)31(38-35(44)49-37)22(5)16-15-21(4)19-36(8,45-12)32(23(6)29(41)24(7)33(43)47-28)48-34-30(42)25(39(10)11)18-27(46-34)26(40)17-14-20(2)3/h20-28,30-32,34,40,42H,13-19H2,1-12H3,(H,38,44)/t21-,22-,23-,24?,25?,26?,27?,28+,30?,31+,32+,34-,36+,37+/m0/s1. The molecule has 3 rings (SSSR count). The minimum absolute atomic E-state index is 0.0107. The largest absolute Gasteiger partial charge is 0.458 e. The molecule has 3 aliphatic rings. The number of hydrogen-bond donors (Lipinski definition) is 3. The van der Waals surface area contributed by atoms with E-state index < -0.39 is 83.7 Å². The summed E-state index contributed by atoms with van der Waals surface area (Å²) in [7, 11) is 5.32. The smallest absolute Gasteiger partial charge is 0.408 e. The third-order valence-corrected chi connectivity index (χ3v) is 11.5. The van der Waals surface area contributed by atoms with Gasteiger partial charge in [0.05, 0.1) is 30.0 Å². The second kappa shape index (κ2) is 17.1. The second-order valence-corrected chi connectivity index (χ2v) is 16.2. The summed E-state index contributed by atoms with van der Waals surface area (Å²) in [6, 6.07) is -0.772. The van der Waals surface area contributed by atoms with Gasteiger partial charge in [0.15, 0.2) is 17.7 Å². The van der Waals surface area contributed by atoms with E-state index in [4.69, 9.17) is 23.7 Å². The van der Waals surface area contributed by atoms with E-state index in [-0.39, 0.29) is 17.9 Å². The molecule has 49 heavy (non-hydrogen) atoms. The van der Waals surface area contributed by atoms with Crippen LogP contribution in [-0.4, -0.2) is 114 Å². The molecule has 0 radical (unpaired) electrons. The van der Waals surface area contributed by atoms with E-state index in [1.54, 1.807) is 21.0 Å². The van der Waals surface area contributed by atoms with Crippen LogP contribution in [-0.2, 0) is 33.3 Å². The molecule has 0 aliphatic carbocycles. The van der Waals surface area contributed by atoms with E-state index in [0.717, 1.165) is 19.3 Å². The van der Waals surface area contributed by atoms with Crippen LogP contribution in [0.3, 0.4) is 0 Å². The number of likely N-dealkylation sites (N-methyl/N-ethyl adjacent to an activating group) is 1. The molecule has 14 atom stereocenters. The maximum atomic E-state index is 14.2. The number of nitrogens with one attached hydrogen (secondary N) is 1. The first-order chi connectivity index (χ1) is 22.8. The van der Waals surface area contributed by atoms with Crippen LogP contribution in [0.4, 0.5) is 4.79 Å². The van der Waals surface area contributed by atoms with Gasteiger partial charge in [0.1, 0.15) is 18.1 Å². The molecule has 5 unspecified atom stereocenters. The molecule has 12 heteroatoms. The molecule has 0 aromatic carbocycles. The predicted octanol–water partition coefficient (Wildman–Crippen LogP) is 4.47. The number of fused-ring (bicyclic) bond motifs is 1. The predicted molar refractivity (Wildman–Crippen MR) is 185 cm³/mol. The summed E-state index contributed by atoms with van der Waals surface area (Å²) >= 11 is 0. The van der Waals surface area contributed by atoms with E-state index in [0.29, 0.717) is 31.6 Å². The average molecular weight is 699 g/mol. The lowest BCUT2D eigenvalue weighted by molar-refractivity contribution is -0.307. The summed E-state index contributed by atoms with van der Waals surface area (Å²) in [5.74, 6) is -2.67. The molecular formula is C37H66N2O10. The number of rotatable bonds is 9. The number of aliphatic hydroxyl groups is 2. The minimum Gasteiger partial charge on any atom is -0.458 e. The minimum atomic E-state index is -1.17. The van der Waals surface area contributed by atoms with Gasteiger partial charge < -0.3 is 44.1 Å². The summed E-state index contributed by atoms with van der Waals surface area (Å²) in [5.41, 5.74) is -2.15. The number of cyclic esters (lactones) is 1. The highest BCUT2D eigenvalue weighted by molar-refractivity contribution is 6.00. The fourth-order valence-electron chi connectivity index (χ4n) is 8.24. The number of ketones is 1. The van der Waals surface area contributed by atoms with Gasteiger partial charge in [-0.3, -0.25) is 9.59 Å². The highest BCUT2D eigenvalue weighted by atomic mass is 16.7. The number of methoxy groups -OCH3 is 1. The Labute approximate surface area is 294 Å². The molecule has 1 amide bonds. The molecule has 3 aliphatic heterocycles. The zero-order chi connectivity index (χ0) is 37.0. The number of esters is 1. The van der Waals surface area contributed by atoms with Crippen LogP contribution in [0.25, 0.3) is 0 Å². The fourth-order valence-corrected chi connectivity index (χ4v) is 8.24. The topological polar surface area (TPSA) is 153 Å². The van der Waals surface area contributed by atoms with Crippen molar-refractivity contribution >= 4 is 17.8 Å². The van der Waals surface area contributed by atoms with Crippen molar-refractivity contribution in [1.82, 2.24) is 10.2 Å². The maximum absolute atomic E-state index is 14.2. The summed E-state index contributed by atoms with van der Waals surface area (Å²) in [4.78, 5) is 42.3. The Bertz CT molecular complexity index is 1120. The van der Waals surface area contributed by atoms with Crippen LogP contribution in [0.1, 0.15) is 107 Å². The summed E-state index contributed by atoms with van der Waals surface area (Å²) < 4.78 is 31.1. The van der Waals surface area contributed by atoms with Crippen molar-refractivity contribution < 1.29 is 48.3 Å². The molecule has 3 N–H and O–H groups in total. The molecule has 3 heterocycles. The Kier molecular flexibility index (Phi) is 14.5. The van der Waals surface area contributed by atoms with Gasteiger partial charge in [-0.15, -0.1) is 0 Å². The monoisotopic (exact) mass is 698 g/mol. The van der Waals surface area contributed by atoms with Crippen molar-refractivity contribution in [1.29, 1.82) is 0 Å². The first-order valence-corrected chi connectivity index (χ1v) is 18.4. The number of hydrogen-bond acceptors (Lipinski definition) is 11. The number of alkyl carbamates (subject to hydrolysis) is 1. The number of Topliss-reactive ketones (excluding diaryl/α,β-unsaturated/α-hetero) is 1. The molecule has 3 saturated heterocycles. The van der Waals surface area contributed by atoms with Gasteiger partial charge in [0.25, 0.3) is 0 Å². The number of aliphatic hydroxyl groups excluding tert-OH is 2. The van der Waals surface area contributed by atoms with E-state index in [2.05, 4.69) is 33.0 Å². The van der Waals surface area contributed by atoms with Gasteiger partial charge in [0.2, 0.25) is 0 Å². The van der Waals surface area contributed by atoms with Crippen molar-refractivity contribution in [3.8, 4) is 0 Å². The van der Waals surface area contributed by atoms with Crippen molar-refractivity contribution in [2.75, 3.05) is 21.2 Å². The highest BCUT2D eigenvalue weighted by Gasteiger charge is 2.55. The zero-order valence-electron chi connectivity index (χ0n) is 32.1. The molecular weight excluding hydrogens is 632 g/mol. The maximum Gasteiger partial charge on any atom is 0.408 e. The zero-order valence-corrected chi connectivity index (χ0v) is 32.1. The molecule has 284 valence electrons. The Morgan fingerprint density at radius 1 is 1.06 bits per heavy atom. The van der Waals surface area contributed by atoms with Crippen LogP contribution in [0.5, 0.6) is 0 Å². The lowest BCUT2D eigenvalue weighted by Gasteiger charge is -2.47. The Morgan fingerprint density at radius 2 is 1.71 bits per heavy atom. The Balaban J connectivity index is 2.02. The van der Waals surface area contributed by atoms with Gasteiger partial charge in [0, 0.05) is 19.1 Å². The van der Waals surface area contributed by atoms with E-state index in [1.807, 2.05) is 32.8 Å². The number of carbonyl (C=O) groups is 3. The Hall–Kier alpha value is -1.83. The normalized spacial score (nSPS) is 42.1. The van der Waals surface area contributed by atoms with Crippen molar-refractivity contribution in [3.63, 3.8) is 0 Å². The van der Waals surface area contributed by atoms with E-state index >= 15 is 0 Å². The summed E-state index contributed by atoms with van der Waals surface area (Å²) in [6.45, 7) is 17.2. The Morgan fingerprint density at radius 3 is 2.29 bits per heavy atom. The first kappa shape index (κ1) is 41.6. The fraction of sp³-hybridized carbons (Fsp3) is 0.919. The average Bonchev–Trinajstić information content (AvgIpc) is 3.36.